The van der Waals surface area contributed by atoms with Gasteiger partial charge in [0.05, 0.1) is 11.3 Å². The molecule has 0 N–H and O–H groups in total. The lowest BCUT2D eigenvalue weighted by atomic mass is 10.3. The average Bonchev–Trinajstić information content (AvgIpc) is 2.85. The number of carbonyl (C=O) groups is 1. The molecule has 0 bridgehead atoms. The van der Waals surface area contributed by atoms with Crippen LogP contribution in [0.4, 0.5) is 0 Å². The first-order chi connectivity index (χ1) is 7.68. The van der Waals surface area contributed by atoms with Crippen molar-refractivity contribution in [3.8, 4) is 0 Å². The Morgan fingerprint density at radius 3 is 2.81 bits per heavy atom. The second-order valence-electron chi connectivity index (χ2n) is 4.22. The summed E-state index contributed by atoms with van der Waals surface area (Å²) in [6.45, 7) is 3.49. The number of carbonyl (C=O) groups excluding carboxylic acids is 1. The van der Waals surface area contributed by atoms with Gasteiger partial charge in [0.2, 0.25) is 5.16 Å². The smallest absolute Gasteiger partial charge is 0.210 e. The molecule has 0 aromatic carbocycles. The van der Waals surface area contributed by atoms with Gasteiger partial charge in [-0.2, -0.15) is 0 Å². The minimum absolute atomic E-state index is 0.0776. The maximum Gasteiger partial charge on any atom is 0.210 e. The van der Waals surface area contributed by atoms with E-state index in [1.54, 1.807) is 6.92 Å². The van der Waals surface area contributed by atoms with Gasteiger partial charge in [0, 0.05) is 0 Å². The van der Waals surface area contributed by atoms with Crippen LogP contribution in [0.5, 0.6) is 0 Å². The molecule has 0 spiro atoms. The summed E-state index contributed by atoms with van der Waals surface area (Å²) in [5.41, 5.74) is 0. The summed E-state index contributed by atoms with van der Waals surface area (Å²) in [5.74, 6) is 0.158. The van der Waals surface area contributed by atoms with Crippen molar-refractivity contribution < 1.29 is 4.79 Å². The second kappa shape index (κ2) is 4.95. The Balaban J connectivity index is 2.09. The Hall–Kier alpha value is -0.910. The topological polar surface area (TPSA) is 60.7 Å². The van der Waals surface area contributed by atoms with Crippen LogP contribution in [-0.2, 0) is 4.79 Å². The fourth-order valence-corrected chi connectivity index (χ4v) is 2.74. The first-order valence-electron chi connectivity index (χ1n) is 5.63. The lowest BCUT2D eigenvalue weighted by Gasteiger charge is -2.12. The number of tetrazole rings is 1. The standard InChI is InChI=1S/C10H16N4OS/c1-7(15)8(2)16-10-11-12-13-14(10)9-5-3-4-6-9/h8-9H,3-6H2,1-2H3. The normalized spacial score (nSPS) is 18.9. The Labute approximate surface area is 99.0 Å². The molecule has 1 heterocycles. The first-order valence-corrected chi connectivity index (χ1v) is 6.51. The highest BCUT2D eigenvalue weighted by molar-refractivity contribution is 8.00. The number of ketones is 1. The van der Waals surface area contributed by atoms with E-state index in [1.807, 2.05) is 11.6 Å². The van der Waals surface area contributed by atoms with E-state index >= 15 is 0 Å². The Bertz CT molecular complexity index is 373. The summed E-state index contributed by atoms with van der Waals surface area (Å²) < 4.78 is 1.89. The number of nitrogens with zero attached hydrogens (tertiary/aromatic N) is 4. The van der Waals surface area contributed by atoms with Gasteiger partial charge in [-0.15, -0.1) is 5.10 Å². The molecule has 1 aromatic heterocycles. The van der Waals surface area contributed by atoms with E-state index in [1.165, 1.54) is 24.6 Å². The molecule has 6 heteroatoms. The van der Waals surface area contributed by atoms with Gasteiger partial charge in [-0.3, -0.25) is 4.79 Å². The van der Waals surface area contributed by atoms with Crippen LogP contribution in [0, 0.1) is 0 Å². The highest BCUT2D eigenvalue weighted by atomic mass is 32.2. The van der Waals surface area contributed by atoms with Gasteiger partial charge in [0.25, 0.3) is 0 Å². The van der Waals surface area contributed by atoms with Gasteiger partial charge in [0.1, 0.15) is 5.78 Å². The molecule has 2 rings (SSSR count). The zero-order valence-electron chi connectivity index (χ0n) is 9.59. The first kappa shape index (κ1) is 11.6. The van der Waals surface area contributed by atoms with Crippen molar-refractivity contribution in [3.05, 3.63) is 0 Å². The summed E-state index contributed by atoms with van der Waals surface area (Å²) in [5, 5.41) is 12.4. The summed E-state index contributed by atoms with van der Waals surface area (Å²) in [6, 6.07) is 0.427. The number of hydrogen-bond donors (Lipinski definition) is 0. The zero-order chi connectivity index (χ0) is 11.5. The maximum absolute atomic E-state index is 11.2. The second-order valence-corrected chi connectivity index (χ2v) is 5.52. The molecule has 16 heavy (non-hydrogen) atoms. The minimum atomic E-state index is -0.0776. The molecule has 1 atom stereocenters. The maximum atomic E-state index is 11.2. The van der Waals surface area contributed by atoms with Crippen LogP contribution in [0.1, 0.15) is 45.6 Å². The van der Waals surface area contributed by atoms with Crippen molar-refractivity contribution in [2.75, 3.05) is 0 Å². The van der Waals surface area contributed by atoms with E-state index in [0.29, 0.717) is 6.04 Å². The number of aromatic nitrogens is 4. The molecule has 5 nitrogen and oxygen atoms in total. The highest BCUT2D eigenvalue weighted by Gasteiger charge is 2.23. The molecule has 88 valence electrons. The van der Waals surface area contributed by atoms with Crippen LogP contribution in [0.25, 0.3) is 0 Å². The quantitative estimate of drug-likeness (QED) is 0.752. The largest absolute Gasteiger partial charge is 0.299 e. The van der Waals surface area contributed by atoms with E-state index in [0.717, 1.165) is 18.0 Å². The SMILES string of the molecule is CC(=O)C(C)Sc1nnnn1C1CCCC1. The van der Waals surface area contributed by atoms with Crippen molar-refractivity contribution in [2.45, 2.75) is 56.0 Å². The lowest BCUT2D eigenvalue weighted by Crippen LogP contribution is -2.13. The van der Waals surface area contributed by atoms with Crippen molar-refractivity contribution in [1.29, 1.82) is 0 Å². The number of thioether (sulfide) groups is 1. The highest BCUT2D eigenvalue weighted by Crippen LogP contribution is 2.32. The van der Waals surface area contributed by atoms with Crippen molar-refractivity contribution in [3.63, 3.8) is 0 Å². The van der Waals surface area contributed by atoms with Crippen molar-refractivity contribution >= 4 is 17.5 Å². The van der Waals surface area contributed by atoms with E-state index in [4.69, 9.17) is 0 Å². The molecule has 0 aliphatic heterocycles. The van der Waals surface area contributed by atoms with Gasteiger partial charge in [0.15, 0.2) is 0 Å². The van der Waals surface area contributed by atoms with Gasteiger partial charge >= 0.3 is 0 Å². The summed E-state index contributed by atoms with van der Waals surface area (Å²) in [7, 11) is 0. The average molecular weight is 240 g/mol. The van der Waals surface area contributed by atoms with Gasteiger partial charge in [-0.1, -0.05) is 24.6 Å². The Kier molecular flexibility index (Phi) is 3.58. The van der Waals surface area contributed by atoms with Gasteiger partial charge in [-0.25, -0.2) is 4.68 Å². The number of hydrogen-bond acceptors (Lipinski definition) is 5. The predicted octanol–water partition coefficient (Wildman–Crippen LogP) is 1.86. The molecule has 0 saturated heterocycles. The van der Waals surface area contributed by atoms with E-state index in [9.17, 15) is 4.79 Å². The Morgan fingerprint density at radius 1 is 1.50 bits per heavy atom. The van der Waals surface area contributed by atoms with Crippen LogP contribution in [0.3, 0.4) is 0 Å². The van der Waals surface area contributed by atoms with E-state index in [-0.39, 0.29) is 11.0 Å². The van der Waals surface area contributed by atoms with Crippen LogP contribution < -0.4 is 0 Å². The summed E-state index contributed by atoms with van der Waals surface area (Å²) >= 11 is 1.45. The third-order valence-corrected chi connectivity index (χ3v) is 4.15. The predicted molar refractivity (Wildman–Crippen MR) is 61.3 cm³/mol. The minimum Gasteiger partial charge on any atom is -0.299 e. The molecule has 1 aromatic rings. The number of rotatable bonds is 4. The summed E-state index contributed by atoms with van der Waals surface area (Å²) in [4.78, 5) is 11.2. The molecule has 0 amide bonds. The third kappa shape index (κ3) is 2.42. The summed E-state index contributed by atoms with van der Waals surface area (Å²) in [6.07, 6.45) is 4.79. The molecule has 1 saturated carbocycles. The van der Waals surface area contributed by atoms with E-state index in [2.05, 4.69) is 15.5 Å². The van der Waals surface area contributed by atoms with Crippen molar-refractivity contribution in [2.24, 2.45) is 0 Å². The van der Waals surface area contributed by atoms with Gasteiger partial charge < -0.3 is 0 Å². The molecular formula is C10H16N4OS. The van der Waals surface area contributed by atoms with Crippen LogP contribution >= 0.6 is 11.8 Å². The van der Waals surface area contributed by atoms with Crippen molar-refractivity contribution in [1.82, 2.24) is 20.2 Å². The zero-order valence-corrected chi connectivity index (χ0v) is 10.4. The van der Waals surface area contributed by atoms with Crippen LogP contribution in [0.2, 0.25) is 0 Å². The van der Waals surface area contributed by atoms with Gasteiger partial charge in [-0.05, 0) is 37.1 Å². The van der Waals surface area contributed by atoms with Crippen LogP contribution in [0.15, 0.2) is 5.16 Å². The van der Waals surface area contributed by atoms with Crippen LogP contribution in [-0.4, -0.2) is 31.2 Å². The number of Topliss-reactive ketones (excluding diaryl/α,β-unsaturated/α-hetero) is 1. The van der Waals surface area contributed by atoms with E-state index < -0.39 is 0 Å². The lowest BCUT2D eigenvalue weighted by molar-refractivity contribution is -0.116. The fraction of sp³-hybridized carbons (Fsp3) is 0.800. The molecular weight excluding hydrogens is 224 g/mol. The Morgan fingerprint density at radius 2 is 2.19 bits per heavy atom. The molecule has 1 unspecified atom stereocenters. The molecule has 1 aliphatic rings. The molecule has 0 radical (unpaired) electrons. The monoisotopic (exact) mass is 240 g/mol. The molecule has 1 fully saturated rings. The fourth-order valence-electron chi connectivity index (χ4n) is 1.88. The molecule has 1 aliphatic carbocycles. The third-order valence-electron chi connectivity index (χ3n) is 2.99.